The number of non-ortho nitro benzene ring substituents is 2. The highest BCUT2D eigenvalue weighted by atomic mass is 16.6. The molecule has 0 aliphatic heterocycles. The standard InChI is InChI=1S/C16H18N4O3.C16H11N3O4.C7H14/c1-18(13-4-2-3-5-13)16(21)19-10-15(17-11-19)12-6-8-14(9-7-12)20(22)23;20-16(23-14-4-2-1-3-5-14)18-10-15(17-11-18)12-6-8-13(9-7-12)19(21)22;1-2-7-5-3-4-6-7/h6-11,13H,2-5H2,1H3;1-11H;7H,2-6H2,1H3. The highest BCUT2D eigenvalue weighted by Crippen LogP contribution is 2.27. The van der Waals surface area contributed by atoms with E-state index < -0.39 is 15.9 Å². The third-order valence-corrected chi connectivity index (χ3v) is 9.52. The maximum Gasteiger partial charge on any atom is 0.424 e. The molecule has 7 rings (SSSR count). The second-order valence-electron chi connectivity index (χ2n) is 13.0. The summed E-state index contributed by atoms with van der Waals surface area (Å²) in [6.07, 6.45) is 17.3. The van der Waals surface area contributed by atoms with Gasteiger partial charge in [-0.3, -0.25) is 24.8 Å². The molecule has 2 aliphatic rings. The molecule has 14 heteroatoms. The van der Waals surface area contributed by atoms with E-state index in [0.29, 0.717) is 28.7 Å². The Hall–Kier alpha value is -6.18. The lowest BCUT2D eigenvalue weighted by Crippen LogP contribution is -2.37. The number of aromatic nitrogens is 4. The SMILES string of the molecule is CCC1CCCC1.CN(C(=O)n1cnc(-c2ccc([N+](=O)[O-])cc2)c1)C1CCCC1.O=C(Oc1ccccc1)n1cnc(-c2ccc([N+](=O)[O-])cc2)c1. The first-order valence-corrected chi connectivity index (χ1v) is 17.7. The van der Waals surface area contributed by atoms with Crippen LogP contribution in [0, 0.1) is 26.1 Å². The average Bonchev–Trinajstić information content (AvgIpc) is 4.03. The molecule has 276 valence electrons. The summed E-state index contributed by atoms with van der Waals surface area (Å²) < 4.78 is 7.87. The van der Waals surface area contributed by atoms with E-state index in [1.807, 2.05) is 13.1 Å². The van der Waals surface area contributed by atoms with E-state index in [0.717, 1.165) is 24.3 Å². The Labute approximate surface area is 307 Å². The molecule has 2 saturated carbocycles. The van der Waals surface area contributed by atoms with E-state index in [-0.39, 0.29) is 17.4 Å². The number of imidazole rings is 2. The van der Waals surface area contributed by atoms with Gasteiger partial charge in [0, 0.05) is 60.9 Å². The quantitative estimate of drug-likeness (QED) is 0.117. The van der Waals surface area contributed by atoms with E-state index in [2.05, 4.69) is 16.9 Å². The topological polar surface area (TPSA) is 169 Å². The highest BCUT2D eigenvalue weighted by molar-refractivity contribution is 5.78. The summed E-state index contributed by atoms with van der Waals surface area (Å²) >= 11 is 0. The number of nitrogens with zero attached hydrogens (tertiary/aromatic N) is 7. The Balaban J connectivity index is 0.000000173. The molecule has 0 unspecified atom stereocenters. The van der Waals surface area contributed by atoms with E-state index in [9.17, 15) is 29.8 Å². The number of hydrogen-bond donors (Lipinski definition) is 0. The van der Waals surface area contributed by atoms with Crippen LogP contribution in [-0.2, 0) is 0 Å². The first-order valence-electron chi connectivity index (χ1n) is 17.7. The number of amides is 1. The highest BCUT2D eigenvalue weighted by Gasteiger charge is 2.24. The van der Waals surface area contributed by atoms with Gasteiger partial charge in [0.25, 0.3) is 11.4 Å². The third-order valence-electron chi connectivity index (χ3n) is 9.52. The van der Waals surface area contributed by atoms with Gasteiger partial charge in [-0.05, 0) is 55.2 Å². The fourth-order valence-electron chi connectivity index (χ4n) is 6.35. The van der Waals surface area contributed by atoms with Crippen molar-refractivity contribution < 1.29 is 24.2 Å². The van der Waals surface area contributed by atoms with Gasteiger partial charge in [-0.15, -0.1) is 0 Å². The molecule has 3 aromatic carbocycles. The Bertz CT molecular complexity index is 1960. The van der Waals surface area contributed by atoms with Gasteiger partial charge in [-0.1, -0.05) is 70.1 Å². The van der Waals surface area contributed by atoms with Crippen LogP contribution in [0.25, 0.3) is 22.5 Å². The van der Waals surface area contributed by atoms with Gasteiger partial charge in [0.05, 0.1) is 21.2 Å². The van der Waals surface area contributed by atoms with Gasteiger partial charge in [0.2, 0.25) is 0 Å². The summed E-state index contributed by atoms with van der Waals surface area (Å²) in [7, 11) is 1.82. The normalized spacial score (nSPS) is 14.0. The zero-order valence-corrected chi connectivity index (χ0v) is 29.8. The number of rotatable bonds is 7. The van der Waals surface area contributed by atoms with E-state index >= 15 is 0 Å². The lowest BCUT2D eigenvalue weighted by Gasteiger charge is -2.23. The lowest BCUT2D eigenvalue weighted by atomic mass is 10.1. The molecular formula is C39H43N7O7. The van der Waals surface area contributed by atoms with Crippen molar-refractivity contribution in [3.8, 4) is 28.3 Å². The Morgan fingerprint density at radius 1 is 0.736 bits per heavy atom. The minimum atomic E-state index is -0.586. The van der Waals surface area contributed by atoms with E-state index in [1.165, 1.54) is 97.2 Å². The second-order valence-corrected chi connectivity index (χ2v) is 13.0. The molecule has 0 spiro atoms. The molecule has 1 amide bonds. The molecule has 0 saturated heterocycles. The minimum Gasteiger partial charge on any atom is -0.410 e. The molecular weight excluding hydrogens is 678 g/mol. The van der Waals surface area contributed by atoms with Gasteiger partial charge >= 0.3 is 12.1 Å². The molecule has 0 radical (unpaired) electrons. The smallest absolute Gasteiger partial charge is 0.410 e. The molecule has 2 aliphatic carbocycles. The number of nitro benzene ring substituents is 2. The minimum absolute atomic E-state index is 0.00308. The summed E-state index contributed by atoms with van der Waals surface area (Å²) in [5.74, 6) is 1.53. The summed E-state index contributed by atoms with van der Waals surface area (Å²) in [5, 5.41) is 21.3. The summed E-state index contributed by atoms with van der Waals surface area (Å²) in [6.45, 7) is 2.30. The number of ether oxygens (including phenoxy) is 1. The maximum absolute atomic E-state index is 12.5. The average molecular weight is 722 g/mol. The zero-order chi connectivity index (χ0) is 37.7. The van der Waals surface area contributed by atoms with E-state index in [4.69, 9.17) is 4.74 Å². The van der Waals surface area contributed by atoms with Gasteiger partial charge in [0.1, 0.15) is 18.4 Å². The second kappa shape index (κ2) is 18.4. The van der Waals surface area contributed by atoms with Crippen molar-refractivity contribution in [3.05, 3.63) is 124 Å². The monoisotopic (exact) mass is 721 g/mol. The number of nitro groups is 2. The van der Waals surface area contributed by atoms with Crippen LogP contribution < -0.4 is 4.74 Å². The predicted octanol–water partition coefficient (Wildman–Crippen LogP) is 9.39. The molecule has 2 heterocycles. The molecule has 2 aromatic heterocycles. The van der Waals surface area contributed by atoms with E-state index in [1.54, 1.807) is 59.6 Å². The molecule has 2 fully saturated rings. The Kier molecular flexibility index (Phi) is 13.2. The van der Waals surface area contributed by atoms with Gasteiger partial charge < -0.3 is 9.64 Å². The maximum atomic E-state index is 12.5. The lowest BCUT2D eigenvalue weighted by molar-refractivity contribution is -0.385. The van der Waals surface area contributed by atoms with Gasteiger partial charge in [-0.25, -0.2) is 24.1 Å². The van der Waals surface area contributed by atoms with Crippen LogP contribution in [-0.4, -0.2) is 59.1 Å². The van der Waals surface area contributed by atoms with Gasteiger partial charge in [0.15, 0.2) is 0 Å². The fourth-order valence-corrected chi connectivity index (χ4v) is 6.35. The summed E-state index contributed by atoms with van der Waals surface area (Å²) in [5.41, 5.74) is 2.58. The zero-order valence-electron chi connectivity index (χ0n) is 29.8. The van der Waals surface area contributed by atoms with Crippen molar-refractivity contribution in [1.82, 2.24) is 24.0 Å². The van der Waals surface area contributed by atoms with Crippen LogP contribution in [0.3, 0.4) is 0 Å². The van der Waals surface area contributed by atoms with Crippen molar-refractivity contribution in [1.29, 1.82) is 0 Å². The van der Waals surface area contributed by atoms with Crippen LogP contribution >= 0.6 is 0 Å². The van der Waals surface area contributed by atoms with Crippen LogP contribution in [0.1, 0.15) is 64.7 Å². The van der Waals surface area contributed by atoms with Crippen LogP contribution in [0.2, 0.25) is 0 Å². The molecule has 14 nitrogen and oxygen atoms in total. The molecule has 53 heavy (non-hydrogen) atoms. The first kappa shape index (κ1) is 38.1. The number of hydrogen-bond acceptors (Lipinski definition) is 9. The van der Waals surface area contributed by atoms with Crippen molar-refractivity contribution >= 4 is 23.5 Å². The fraction of sp³-hybridized carbons (Fsp3) is 0.333. The summed E-state index contributed by atoms with van der Waals surface area (Å²) in [4.78, 5) is 55.0. The van der Waals surface area contributed by atoms with Crippen molar-refractivity contribution in [2.45, 2.75) is 70.8 Å². The molecule has 0 bridgehead atoms. The van der Waals surface area contributed by atoms with Crippen molar-refractivity contribution in [2.24, 2.45) is 5.92 Å². The number of carbonyl (C=O) groups is 2. The predicted molar refractivity (Wildman–Crippen MR) is 200 cm³/mol. The Morgan fingerprint density at radius 2 is 1.21 bits per heavy atom. The first-order chi connectivity index (χ1) is 25.6. The largest absolute Gasteiger partial charge is 0.424 e. The van der Waals surface area contributed by atoms with Crippen LogP contribution in [0.5, 0.6) is 5.75 Å². The molecule has 0 atom stereocenters. The Morgan fingerprint density at radius 3 is 1.68 bits per heavy atom. The number of benzene rings is 3. The van der Waals surface area contributed by atoms with Crippen LogP contribution in [0.4, 0.5) is 21.0 Å². The molecule has 0 N–H and O–H groups in total. The summed E-state index contributed by atoms with van der Waals surface area (Å²) in [6, 6.07) is 20.9. The van der Waals surface area contributed by atoms with Crippen molar-refractivity contribution in [2.75, 3.05) is 7.05 Å². The number of para-hydroxylation sites is 1. The van der Waals surface area contributed by atoms with Crippen molar-refractivity contribution in [3.63, 3.8) is 0 Å². The third kappa shape index (κ3) is 10.4. The molecule has 5 aromatic rings. The van der Waals surface area contributed by atoms with Crippen LogP contribution in [0.15, 0.2) is 104 Å². The number of carbonyl (C=O) groups excluding carboxylic acids is 2. The van der Waals surface area contributed by atoms with Gasteiger partial charge in [-0.2, -0.15) is 0 Å².